The van der Waals surface area contributed by atoms with E-state index in [2.05, 4.69) is 25.8 Å². The summed E-state index contributed by atoms with van der Waals surface area (Å²) in [7, 11) is 0. The van der Waals surface area contributed by atoms with Gasteiger partial charge in [-0.3, -0.25) is 9.59 Å². The Morgan fingerprint density at radius 2 is 1.71 bits per heavy atom. The molecule has 0 aliphatic heterocycles. The minimum Gasteiger partial charge on any atom is -0.337 e. The first kappa shape index (κ1) is 24.2. The summed E-state index contributed by atoms with van der Waals surface area (Å²) in [4.78, 5) is 33.5. The van der Waals surface area contributed by atoms with Crippen LogP contribution in [-0.4, -0.2) is 38.3 Å². The number of fused-ring (bicyclic) bond motifs is 1. The first-order valence-electron chi connectivity index (χ1n) is 11.1. The van der Waals surface area contributed by atoms with Crippen LogP contribution < -0.4 is 10.7 Å². The van der Waals surface area contributed by atoms with Crippen LogP contribution in [0.25, 0.3) is 10.9 Å². The van der Waals surface area contributed by atoms with Gasteiger partial charge in [0.2, 0.25) is 5.91 Å². The molecule has 0 saturated carbocycles. The number of thioether (sulfide) groups is 1. The Hall–Kier alpha value is -3.98. The number of carbonyl (C=O) groups excluding carboxylic acids is 2. The summed E-state index contributed by atoms with van der Waals surface area (Å²) in [5, 5.41) is 8.54. The van der Waals surface area contributed by atoms with Gasteiger partial charge < -0.3 is 9.88 Å². The van der Waals surface area contributed by atoms with Gasteiger partial charge in [0, 0.05) is 39.7 Å². The summed E-state index contributed by atoms with van der Waals surface area (Å²) < 4.78 is 1.87. The van der Waals surface area contributed by atoms with Gasteiger partial charge in [-0.15, -0.1) is 0 Å². The zero-order chi connectivity index (χ0) is 24.8. The van der Waals surface area contributed by atoms with Crippen LogP contribution in [0.2, 0.25) is 0 Å². The Labute approximate surface area is 207 Å². The summed E-state index contributed by atoms with van der Waals surface area (Å²) in [6.45, 7) is 5.94. The van der Waals surface area contributed by atoms with Crippen LogP contribution in [0.3, 0.4) is 0 Å². The van der Waals surface area contributed by atoms with Crippen molar-refractivity contribution < 1.29 is 9.59 Å². The van der Waals surface area contributed by atoms with Crippen LogP contribution in [0.1, 0.15) is 22.5 Å². The topological polar surface area (TPSA) is 101 Å². The highest BCUT2D eigenvalue weighted by atomic mass is 32.2. The second kappa shape index (κ2) is 11.0. The van der Waals surface area contributed by atoms with Crippen molar-refractivity contribution in [2.24, 2.45) is 5.10 Å². The monoisotopic (exact) mass is 486 g/mol. The fraction of sp³-hybridized carbons (Fsp3) is 0.192. The lowest BCUT2D eigenvalue weighted by Gasteiger charge is -2.07. The number of nitrogens with one attached hydrogen (secondary N) is 2. The Balaban J connectivity index is 1.39. The van der Waals surface area contributed by atoms with Crippen molar-refractivity contribution in [2.45, 2.75) is 32.5 Å². The SMILES string of the molecule is Cc1ccc(NC(=O)Cn2cc(/C=N\NC(=O)CSc3nc(C)cc(C)n3)c3ccccc32)cc1. The van der Waals surface area contributed by atoms with Gasteiger partial charge in [0.1, 0.15) is 6.54 Å². The fourth-order valence-electron chi connectivity index (χ4n) is 3.60. The molecule has 0 atom stereocenters. The van der Waals surface area contributed by atoms with Gasteiger partial charge in [0.05, 0.1) is 12.0 Å². The predicted molar refractivity (Wildman–Crippen MR) is 140 cm³/mol. The molecule has 2 aromatic carbocycles. The number of aromatic nitrogens is 3. The number of hydrogen-bond acceptors (Lipinski definition) is 6. The highest BCUT2D eigenvalue weighted by Crippen LogP contribution is 2.20. The lowest BCUT2D eigenvalue weighted by Crippen LogP contribution is -2.20. The number of nitrogens with zero attached hydrogens (tertiary/aromatic N) is 4. The molecule has 2 heterocycles. The lowest BCUT2D eigenvalue weighted by molar-refractivity contribution is -0.118. The minimum atomic E-state index is -0.254. The first-order valence-corrected chi connectivity index (χ1v) is 12.1. The van der Waals surface area contributed by atoms with Crippen molar-refractivity contribution in [2.75, 3.05) is 11.1 Å². The molecule has 0 radical (unpaired) electrons. The molecule has 0 bridgehead atoms. The number of carbonyl (C=O) groups is 2. The maximum Gasteiger partial charge on any atom is 0.250 e. The van der Waals surface area contributed by atoms with Crippen molar-refractivity contribution in [1.82, 2.24) is 20.0 Å². The maximum atomic E-state index is 12.6. The second-order valence-corrected chi connectivity index (χ2v) is 9.10. The van der Waals surface area contributed by atoms with Gasteiger partial charge in [-0.25, -0.2) is 15.4 Å². The third-order valence-corrected chi connectivity index (χ3v) is 6.00. The van der Waals surface area contributed by atoms with E-state index in [4.69, 9.17) is 0 Å². The summed E-state index contributed by atoms with van der Waals surface area (Å²) in [6, 6.07) is 17.3. The van der Waals surface area contributed by atoms with Crippen molar-refractivity contribution in [3.63, 3.8) is 0 Å². The van der Waals surface area contributed by atoms with Gasteiger partial charge in [-0.2, -0.15) is 5.10 Å². The van der Waals surface area contributed by atoms with E-state index in [1.165, 1.54) is 11.8 Å². The van der Waals surface area contributed by atoms with Crippen LogP contribution in [0.4, 0.5) is 5.69 Å². The third kappa shape index (κ3) is 6.54. The van der Waals surface area contributed by atoms with Gasteiger partial charge in [-0.05, 0) is 45.0 Å². The number of anilines is 1. The number of amides is 2. The van der Waals surface area contributed by atoms with Crippen molar-refractivity contribution in [3.8, 4) is 0 Å². The van der Waals surface area contributed by atoms with E-state index < -0.39 is 0 Å². The third-order valence-electron chi connectivity index (χ3n) is 5.16. The molecule has 0 spiro atoms. The largest absolute Gasteiger partial charge is 0.337 e. The van der Waals surface area contributed by atoms with Crippen molar-refractivity contribution >= 4 is 46.4 Å². The summed E-state index contributed by atoms with van der Waals surface area (Å²) in [5.41, 5.74) is 7.87. The Kier molecular flexibility index (Phi) is 7.57. The van der Waals surface area contributed by atoms with E-state index in [9.17, 15) is 9.59 Å². The molecule has 4 rings (SSSR count). The van der Waals surface area contributed by atoms with Gasteiger partial charge >= 0.3 is 0 Å². The molecule has 0 fully saturated rings. The molecule has 9 heteroatoms. The summed E-state index contributed by atoms with van der Waals surface area (Å²) in [5.74, 6) is -0.228. The number of benzene rings is 2. The average Bonchev–Trinajstić information content (AvgIpc) is 3.16. The smallest absolute Gasteiger partial charge is 0.250 e. The Morgan fingerprint density at radius 3 is 2.46 bits per heavy atom. The zero-order valence-corrected chi connectivity index (χ0v) is 20.6. The van der Waals surface area contributed by atoms with Crippen LogP contribution in [0.5, 0.6) is 0 Å². The molecule has 0 aliphatic carbocycles. The molecular weight excluding hydrogens is 460 g/mol. The Bertz CT molecular complexity index is 1370. The molecule has 178 valence electrons. The van der Waals surface area contributed by atoms with Gasteiger partial charge in [0.15, 0.2) is 5.16 Å². The quantitative estimate of drug-likeness (QED) is 0.168. The molecule has 4 aromatic rings. The minimum absolute atomic E-state index is 0.128. The predicted octanol–water partition coefficient (Wildman–Crippen LogP) is 4.24. The molecule has 8 nitrogen and oxygen atoms in total. The molecule has 35 heavy (non-hydrogen) atoms. The first-order chi connectivity index (χ1) is 16.9. The van der Waals surface area contributed by atoms with Crippen molar-refractivity contribution in [3.05, 3.63) is 83.3 Å². The number of hydrogen-bond donors (Lipinski definition) is 2. The highest BCUT2D eigenvalue weighted by molar-refractivity contribution is 7.99. The van der Waals surface area contributed by atoms with Crippen LogP contribution in [0, 0.1) is 20.8 Å². The fourth-order valence-corrected chi connectivity index (χ4v) is 4.34. The number of para-hydroxylation sites is 1. The highest BCUT2D eigenvalue weighted by Gasteiger charge is 2.11. The van der Waals surface area contributed by atoms with Crippen LogP contribution in [-0.2, 0) is 16.1 Å². The second-order valence-electron chi connectivity index (χ2n) is 8.16. The summed E-state index contributed by atoms with van der Waals surface area (Å²) >= 11 is 1.26. The lowest BCUT2D eigenvalue weighted by atomic mass is 10.2. The molecule has 2 aromatic heterocycles. The van der Waals surface area contributed by atoms with E-state index in [1.807, 2.05) is 86.1 Å². The van der Waals surface area contributed by atoms with Crippen LogP contribution in [0.15, 0.2) is 71.1 Å². The molecule has 0 unspecified atom stereocenters. The zero-order valence-electron chi connectivity index (χ0n) is 19.8. The Morgan fingerprint density at radius 1 is 1.00 bits per heavy atom. The summed E-state index contributed by atoms with van der Waals surface area (Å²) in [6.07, 6.45) is 3.44. The number of aryl methyl sites for hydroxylation is 3. The van der Waals surface area contributed by atoms with Crippen molar-refractivity contribution in [1.29, 1.82) is 0 Å². The average molecular weight is 487 g/mol. The molecule has 0 saturated heterocycles. The normalized spacial score (nSPS) is 11.2. The number of rotatable bonds is 8. The molecule has 2 N–H and O–H groups in total. The molecule has 2 amide bonds. The van der Waals surface area contributed by atoms with E-state index in [1.54, 1.807) is 6.21 Å². The van der Waals surface area contributed by atoms with E-state index in [0.717, 1.165) is 39.1 Å². The van der Waals surface area contributed by atoms with Crippen LogP contribution >= 0.6 is 11.8 Å². The molecular formula is C26H26N6O2S. The van der Waals surface area contributed by atoms with Gasteiger partial charge in [-0.1, -0.05) is 47.7 Å². The maximum absolute atomic E-state index is 12.6. The van der Waals surface area contributed by atoms with E-state index in [0.29, 0.717) is 5.16 Å². The van der Waals surface area contributed by atoms with E-state index >= 15 is 0 Å². The standard InChI is InChI=1S/C26H26N6O2S/c1-17-8-10-21(11-9-17)30-24(33)15-32-14-20(22-6-4-5-7-23(22)32)13-27-31-25(34)16-35-26-28-18(2)12-19(3)29-26/h4-14H,15-16H2,1-3H3,(H,30,33)(H,31,34)/b27-13-. The van der Waals surface area contributed by atoms with Gasteiger partial charge in [0.25, 0.3) is 5.91 Å². The molecule has 0 aliphatic rings. The van der Waals surface area contributed by atoms with E-state index in [-0.39, 0.29) is 24.1 Å². The number of hydrazone groups is 1.